The molecule has 0 bridgehead atoms. The van der Waals surface area contributed by atoms with Crippen molar-refractivity contribution in [2.75, 3.05) is 6.61 Å². The predicted molar refractivity (Wildman–Crippen MR) is 75.8 cm³/mol. The SMILES string of the molecule is CC(C)/C1=C/C=C\COc2cncc(C(C)C)c21. The highest BCUT2D eigenvalue weighted by Crippen LogP contribution is 2.37. The van der Waals surface area contributed by atoms with E-state index in [1.807, 2.05) is 18.5 Å². The molecule has 0 N–H and O–H groups in total. The van der Waals surface area contributed by atoms with E-state index in [-0.39, 0.29) is 0 Å². The van der Waals surface area contributed by atoms with E-state index in [1.54, 1.807) is 0 Å². The summed E-state index contributed by atoms with van der Waals surface area (Å²) in [7, 11) is 0. The maximum Gasteiger partial charge on any atom is 0.145 e. The van der Waals surface area contributed by atoms with Gasteiger partial charge < -0.3 is 4.74 Å². The summed E-state index contributed by atoms with van der Waals surface area (Å²) in [5.74, 6) is 1.82. The molecule has 0 amide bonds. The Morgan fingerprint density at radius 1 is 1.11 bits per heavy atom. The molecule has 0 fully saturated rings. The lowest BCUT2D eigenvalue weighted by Crippen LogP contribution is -2.07. The monoisotopic (exact) mass is 243 g/mol. The van der Waals surface area contributed by atoms with Crippen LogP contribution in [0.4, 0.5) is 0 Å². The van der Waals surface area contributed by atoms with Gasteiger partial charge in [-0.2, -0.15) is 0 Å². The zero-order valence-corrected chi connectivity index (χ0v) is 11.6. The molecular formula is C16H21NO. The molecule has 1 aromatic rings. The first kappa shape index (κ1) is 12.9. The van der Waals surface area contributed by atoms with E-state index < -0.39 is 0 Å². The molecule has 96 valence electrons. The molecule has 2 heterocycles. The summed E-state index contributed by atoms with van der Waals surface area (Å²) >= 11 is 0. The Hall–Kier alpha value is -1.57. The number of hydrogen-bond acceptors (Lipinski definition) is 2. The average Bonchev–Trinajstić information content (AvgIpc) is 2.28. The van der Waals surface area contributed by atoms with Crippen molar-refractivity contribution in [1.29, 1.82) is 0 Å². The third-order valence-corrected chi connectivity index (χ3v) is 3.22. The van der Waals surface area contributed by atoms with Crippen LogP contribution in [0.15, 0.2) is 30.6 Å². The summed E-state index contributed by atoms with van der Waals surface area (Å²) < 4.78 is 5.81. The van der Waals surface area contributed by atoms with Crippen molar-refractivity contribution in [3.05, 3.63) is 41.7 Å². The molecule has 0 saturated carbocycles. The van der Waals surface area contributed by atoms with Gasteiger partial charge in [-0.3, -0.25) is 4.98 Å². The Morgan fingerprint density at radius 3 is 2.56 bits per heavy atom. The van der Waals surface area contributed by atoms with Gasteiger partial charge in [-0.1, -0.05) is 39.8 Å². The molecule has 2 heteroatoms. The summed E-state index contributed by atoms with van der Waals surface area (Å²) in [5, 5.41) is 0. The molecule has 0 aliphatic carbocycles. The number of aromatic nitrogens is 1. The predicted octanol–water partition coefficient (Wildman–Crippen LogP) is 4.19. The highest BCUT2D eigenvalue weighted by atomic mass is 16.5. The van der Waals surface area contributed by atoms with Gasteiger partial charge in [0.2, 0.25) is 0 Å². The summed E-state index contributed by atoms with van der Waals surface area (Å²) in [4.78, 5) is 4.31. The fourth-order valence-electron chi connectivity index (χ4n) is 2.24. The maximum absolute atomic E-state index is 5.81. The van der Waals surface area contributed by atoms with Crippen molar-refractivity contribution < 1.29 is 4.74 Å². The van der Waals surface area contributed by atoms with Crippen LogP contribution in [0.2, 0.25) is 0 Å². The Labute approximate surface area is 109 Å². The molecule has 18 heavy (non-hydrogen) atoms. The van der Waals surface area contributed by atoms with Gasteiger partial charge in [-0.25, -0.2) is 0 Å². The lowest BCUT2D eigenvalue weighted by atomic mass is 9.87. The summed E-state index contributed by atoms with van der Waals surface area (Å²) in [5.41, 5.74) is 3.83. The Bertz CT molecular complexity index is 484. The van der Waals surface area contributed by atoms with Gasteiger partial charge in [0.05, 0.1) is 6.20 Å². The van der Waals surface area contributed by atoms with E-state index in [2.05, 4.69) is 44.8 Å². The van der Waals surface area contributed by atoms with Gasteiger partial charge in [-0.05, 0) is 29.0 Å². The van der Waals surface area contributed by atoms with Crippen LogP contribution in [0.3, 0.4) is 0 Å². The smallest absolute Gasteiger partial charge is 0.145 e. The second kappa shape index (κ2) is 5.38. The number of rotatable bonds is 2. The lowest BCUT2D eigenvalue weighted by Gasteiger charge is -2.22. The Balaban J connectivity index is 2.65. The fraction of sp³-hybridized carbons (Fsp3) is 0.438. The van der Waals surface area contributed by atoms with Crippen molar-refractivity contribution in [3.8, 4) is 5.75 Å². The van der Waals surface area contributed by atoms with Crippen LogP contribution >= 0.6 is 0 Å². The summed E-state index contributed by atoms with van der Waals surface area (Å²) in [6, 6.07) is 0. The number of nitrogens with zero attached hydrogens (tertiary/aromatic N) is 1. The van der Waals surface area contributed by atoms with Crippen molar-refractivity contribution in [2.24, 2.45) is 5.92 Å². The van der Waals surface area contributed by atoms with Crippen LogP contribution in [0.5, 0.6) is 5.75 Å². The molecule has 0 aromatic carbocycles. The quantitative estimate of drug-likeness (QED) is 0.777. The minimum absolute atomic E-state index is 0.446. The summed E-state index contributed by atoms with van der Waals surface area (Å²) in [6.45, 7) is 9.44. The highest BCUT2D eigenvalue weighted by Gasteiger charge is 2.19. The van der Waals surface area contributed by atoms with E-state index in [1.165, 1.54) is 16.7 Å². The van der Waals surface area contributed by atoms with E-state index in [0.29, 0.717) is 18.4 Å². The molecule has 0 atom stereocenters. The molecule has 0 saturated heterocycles. The first-order valence-electron chi connectivity index (χ1n) is 6.59. The van der Waals surface area contributed by atoms with E-state index in [9.17, 15) is 0 Å². The molecular weight excluding hydrogens is 222 g/mol. The van der Waals surface area contributed by atoms with Crippen LogP contribution < -0.4 is 4.74 Å². The molecule has 0 spiro atoms. The third-order valence-electron chi connectivity index (χ3n) is 3.22. The molecule has 2 rings (SSSR count). The first-order valence-corrected chi connectivity index (χ1v) is 6.59. The molecule has 1 aliphatic heterocycles. The van der Waals surface area contributed by atoms with Crippen LogP contribution in [0.1, 0.15) is 44.7 Å². The first-order chi connectivity index (χ1) is 8.61. The number of pyridine rings is 1. The van der Waals surface area contributed by atoms with Crippen LogP contribution in [-0.2, 0) is 0 Å². The maximum atomic E-state index is 5.81. The van der Waals surface area contributed by atoms with Crippen LogP contribution in [-0.4, -0.2) is 11.6 Å². The normalized spacial score (nSPS) is 19.6. The Morgan fingerprint density at radius 2 is 1.89 bits per heavy atom. The lowest BCUT2D eigenvalue weighted by molar-refractivity contribution is 0.358. The number of fused-ring (bicyclic) bond motifs is 1. The molecule has 0 radical (unpaired) electrons. The minimum Gasteiger partial charge on any atom is -0.487 e. The number of ether oxygens (including phenoxy) is 1. The molecule has 1 aromatic heterocycles. The second-order valence-corrected chi connectivity index (χ2v) is 5.27. The molecule has 2 nitrogen and oxygen atoms in total. The Kier molecular flexibility index (Phi) is 3.85. The number of hydrogen-bond donors (Lipinski definition) is 0. The minimum atomic E-state index is 0.446. The fourth-order valence-corrected chi connectivity index (χ4v) is 2.24. The van der Waals surface area contributed by atoms with Gasteiger partial charge in [-0.15, -0.1) is 0 Å². The van der Waals surface area contributed by atoms with Crippen molar-refractivity contribution in [2.45, 2.75) is 33.6 Å². The zero-order chi connectivity index (χ0) is 13.1. The van der Waals surface area contributed by atoms with Crippen LogP contribution in [0, 0.1) is 5.92 Å². The number of allylic oxidation sites excluding steroid dienone is 3. The van der Waals surface area contributed by atoms with Gasteiger partial charge in [0.15, 0.2) is 0 Å². The van der Waals surface area contributed by atoms with Crippen LogP contribution in [0.25, 0.3) is 5.57 Å². The van der Waals surface area contributed by atoms with E-state index in [0.717, 1.165) is 5.75 Å². The average molecular weight is 243 g/mol. The second-order valence-electron chi connectivity index (χ2n) is 5.27. The summed E-state index contributed by atoms with van der Waals surface area (Å²) in [6.07, 6.45) is 10.1. The third kappa shape index (κ3) is 2.47. The van der Waals surface area contributed by atoms with Crippen molar-refractivity contribution >= 4 is 5.57 Å². The molecule has 1 aliphatic rings. The van der Waals surface area contributed by atoms with E-state index >= 15 is 0 Å². The topological polar surface area (TPSA) is 22.1 Å². The van der Waals surface area contributed by atoms with Gasteiger partial charge in [0.1, 0.15) is 12.4 Å². The van der Waals surface area contributed by atoms with Gasteiger partial charge >= 0.3 is 0 Å². The van der Waals surface area contributed by atoms with Gasteiger partial charge in [0.25, 0.3) is 0 Å². The standard InChI is InChI=1S/C16H21NO/c1-11(2)13-7-5-6-8-18-15-10-17-9-14(12(3)4)16(13)15/h5-7,9-12H,8H2,1-4H3/b6-5-,13-7-. The van der Waals surface area contributed by atoms with Crippen molar-refractivity contribution in [3.63, 3.8) is 0 Å². The van der Waals surface area contributed by atoms with Crippen molar-refractivity contribution in [1.82, 2.24) is 4.98 Å². The molecule has 0 unspecified atom stereocenters. The zero-order valence-electron chi connectivity index (χ0n) is 11.6. The largest absolute Gasteiger partial charge is 0.487 e. The van der Waals surface area contributed by atoms with E-state index in [4.69, 9.17) is 4.74 Å². The highest BCUT2D eigenvalue weighted by molar-refractivity contribution is 5.75. The van der Waals surface area contributed by atoms with Gasteiger partial charge in [0, 0.05) is 11.8 Å².